The molecule has 0 saturated carbocycles. The normalized spacial score (nSPS) is 13.3. The van der Waals surface area contributed by atoms with Gasteiger partial charge in [-0.25, -0.2) is 0 Å². The number of ether oxygens (including phenoxy) is 1. The predicted octanol–water partition coefficient (Wildman–Crippen LogP) is 1.82. The summed E-state index contributed by atoms with van der Waals surface area (Å²) in [6.07, 6.45) is 2.75. The van der Waals surface area contributed by atoms with Gasteiger partial charge in [0.2, 0.25) is 11.8 Å². The first-order valence-corrected chi connectivity index (χ1v) is 6.60. The minimum Gasteiger partial charge on any atom is -0.493 e. The van der Waals surface area contributed by atoms with Gasteiger partial charge in [0.05, 0.1) is 6.61 Å². The minimum absolute atomic E-state index is 0.592. The zero-order valence-corrected chi connectivity index (χ0v) is 11.0. The van der Waals surface area contributed by atoms with E-state index >= 15 is 0 Å². The minimum atomic E-state index is 0.592. The monoisotopic (exact) mass is 259 g/mol. The number of rotatable bonds is 5. The molecule has 100 valence electrons. The molecule has 1 aromatic heterocycles. The zero-order valence-electron chi connectivity index (χ0n) is 11.0. The highest BCUT2D eigenvalue weighted by Gasteiger charge is 2.15. The van der Waals surface area contributed by atoms with E-state index in [0.29, 0.717) is 11.8 Å². The van der Waals surface area contributed by atoms with Crippen molar-refractivity contribution in [3.8, 4) is 17.2 Å². The summed E-state index contributed by atoms with van der Waals surface area (Å²) in [7, 11) is 1.94. The average molecular weight is 259 g/mol. The first-order valence-electron chi connectivity index (χ1n) is 6.60. The van der Waals surface area contributed by atoms with Crippen LogP contribution in [-0.4, -0.2) is 30.4 Å². The molecule has 0 spiro atoms. The molecular formula is C14H17N3O2. The molecule has 1 N–H and O–H groups in total. The van der Waals surface area contributed by atoms with E-state index in [0.717, 1.165) is 43.7 Å². The summed E-state index contributed by atoms with van der Waals surface area (Å²) < 4.78 is 11.2. The van der Waals surface area contributed by atoms with Crippen molar-refractivity contribution in [1.82, 2.24) is 15.5 Å². The van der Waals surface area contributed by atoms with E-state index in [1.165, 1.54) is 5.56 Å². The van der Waals surface area contributed by atoms with Crippen LogP contribution in [-0.2, 0) is 12.8 Å². The molecule has 0 fully saturated rings. The van der Waals surface area contributed by atoms with Crippen LogP contribution in [0.3, 0.4) is 0 Å². The van der Waals surface area contributed by atoms with Crippen molar-refractivity contribution in [1.29, 1.82) is 0 Å². The first-order chi connectivity index (χ1) is 9.36. The number of nitrogens with zero attached hydrogens (tertiary/aromatic N) is 2. The molecule has 0 saturated heterocycles. The Kier molecular flexibility index (Phi) is 3.46. The van der Waals surface area contributed by atoms with Gasteiger partial charge in [-0.15, -0.1) is 10.2 Å². The molecule has 2 heterocycles. The van der Waals surface area contributed by atoms with Gasteiger partial charge in [0.1, 0.15) is 5.75 Å². The third-order valence-electron chi connectivity index (χ3n) is 3.22. The molecule has 3 rings (SSSR count). The number of hydrogen-bond acceptors (Lipinski definition) is 5. The van der Waals surface area contributed by atoms with Gasteiger partial charge in [0.25, 0.3) is 0 Å². The van der Waals surface area contributed by atoms with E-state index in [9.17, 15) is 0 Å². The second-order valence-corrected chi connectivity index (χ2v) is 4.63. The van der Waals surface area contributed by atoms with E-state index in [-0.39, 0.29) is 0 Å². The maximum Gasteiger partial charge on any atom is 0.247 e. The molecule has 2 aromatic rings. The SMILES string of the molecule is CNCCCc1nnc(-c2ccc3c(c2)CCO3)o1. The quantitative estimate of drug-likeness (QED) is 0.830. The lowest BCUT2D eigenvalue weighted by Gasteiger charge is -2.00. The van der Waals surface area contributed by atoms with Crippen LogP contribution in [0.4, 0.5) is 0 Å². The summed E-state index contributed by atoms with van der Waals surface area (Å²) in [6, 6.07) is 6.02. The highest BCUT2D eigenvalue weighted by Crippen LogP contribution is 2.29. The molecule has 1 aliphatic rings. The van der Waals surface area contributed by atoms with E-state index < -0.39 is 0 Å². The highest BCUT2D eigenvalue weighted by atomic mass is 16.5. The van der Waals surface area contributed by atoms with Crippen molar-refractivity contribution in [3.63, 3.8) is 0 Å². The Balaban J connectivity index is 1.75. The van der Waals surface area contributed by atoms with Gasteiger partial charge in [0, 0.05) is 18.4 Å². The molecule has 5 nitrogen and oxygen atoms in total. The summed E-state index contributed by atoms with van der Waals surface area (Å²) >= 11 is 0. The van der Waals surface area contributed by atoms with Gasteiger partial charge in [-0.2, -0.15) is 0 Å². The summed E-state index contributed by atoms with van der Waals surface area (Å²) in [5.74, 6) is 2.26. The Labute approximate surface area is 112 Å². The number of nitrogens with one attached hydrogen (secondary N) is 1. The van der Waals surface area contributed by atoms with Gasteiger partial charge in [-0.05, 0) is 43.8 Å². The molecule has 19 heavy (non-hydrogen) atoms. The maximum atomic E-state index is 5.69. The van der Waals surface area contributed by atoms with E-state index in [1.807, 2.05) is 19.2 Å². The van der Waals surface area contributed by atoms with Crippen molar-refractivity contribution in [3.05, 3.63) is 29.7 Å². The zero-order chi connectivity index (χ0) is 13.1. The fourth-order valence-corrected chi connectivity index (χ4v) is 2.21. The fraction of sp³-hybridized carbons (Fsp3) is 0.429. The van der Waals surface area contributed by atoms with Crippen LogP contribution in [0.5, 0.6) is 5.75 Å². The largest absolute Gasteiger partial charge is 0.493 e. The standard InChI is InChI=1S/C14H17N3O2/c1-15-7-2-3-13-16-17-14(19-13)11-4-5-12-10(9-11)6-8-18-12/h4-5,9,15H,2-3,6-8H2,1H3. The van der Waals surface area contributed by atoms with Crippen molar-refractivity contribution in [2.24, 2.45) is 0 Å². The van der Waals surface area contributed by atoms with E-state index in [1.54, 1.807) is 0 Å². The third-order valence-corrected chi connectivity index (χ3v) is 3.22. The molecule has 1 aliphatic heterocycles. The Morgan fingerprint density at radius 2 is 2.26 bits per heavy atom. The van der Waals surface area contributed by atoms with E-state index in [2.05, 4.69) is 21.6 Å². The number of fused-ring (bicyclic) bond motifs is 1. The second-order valence-electron chi connectivity index (χ2n) is 4.63. The van der Waals surface area contributed by atoms with Crippen LogP contribution >= 0.6 is 0 Å². The Morgan fingerprint density at radius 3 is 3.16 bits per heavy atom. The second kappa shape index (κ2) is 5.40. The molecule has 0 radical (unpaired) electrons. The third kappa shape index (κ3) is 2.61. The summed E-state index contributed by atoms with van der Waals surface area (Å²) in [5, 5.41) is 11.3. The van der Waals surface area contributed by atoms with Crippen LogP contribution in [0.1, 0.15) is 17.9 Å². The molecule has 5 heteroatoms. The van der Waals surface area contributed by atoms with Gasteiger partial charge in [-0.3, -0.25) is 0 Å². The Bertz CT molecular complexity index is 566. The van der Waals surface area contributed by atoms with Gasteiger partial charge in [0.15, 0.2) is 0 Å². The maximum absolute atomic E-state index is 5.69. The molecule has 0 unspecified atom stereocenters. The fourth-order valence-electron chi connectivity index (χ4n) is 2.21. The van der Waals surface area contributed by atoms with Crippen molar-refractivity contribution >= 4 is 0 Å². The lowest BCUT2D eigenvalue weighted by Crippen LogP contribution is -2.08. The van der Waals surface area contributed by atoms with Gasteiger partial charge < -0.3 is 14.5 Å². The summed E-state index contributed by atoms with van der Waals surface area (Å²) in [6.45, 7) is 1.71. The summed E-state index contributed by atoms with van der Waals surface area (Å²) in [4.78, 5) is 0. The van der Waals surface area contributed by atoms with Gasteiger partial charge in [-0.1, -0.05) is 0 Å². The smallest absolute Gasteiger partial charge is 0.247 e. The van der Waals surface area contributed by atoms with Crippen LogP contribution in [0.2, 0.25) is 0 Å². The molecule has 1 aromatic carbocycles. The van der Waals surface area contributed by atoms with Crippen LogP contribution in [0, 0.1) is 0 Å². The van der Waals surface area contributed by atoms with Crippen molar-refractivity contribution in [2.45, 2.75) is 19.3 Å². The molecule has 0 bridgehead atoms. The molecule has 0 aliphatic carbocycles. The number of aromatic nitrogens is 2. The topological polar surface area (TPSA) is 60.2 Å². The number of hydrogen-bond donors (Lipinski definition) is 1. The number of aryl methyl sites for hydroxylation is 1. The highest BCUT2D eigenvalue weighted by molar-refractivity contribution is 5.57. The van der Waals surface area contributed by atoms with Crippen LogP contribution in [0.15, 0.2) is 22.6 Å². The van der Waals surface area contributed by atoms with Crippen LogP contribution < -0.4 is 10.1 Å². The number of benzene rings is 1. The Morgan fingerprint density at radius 1 is 1.32 bits per heavy atom. The molecule has 0 atom stereocenters. The lowest BCUT2D eigenvalue weighted by molar-refractivity contribution is 0.357. The molecular weight excluding hydrogens is 242 g/mol. The first kappa shape index (κ1) is 12.2. The summed E-state index contributed by atoms with van der Waals surface area (Å²) in [5.41, 5.74) is 2.18. The lowest BCUT2D eigenvalue weighted by atomic mass is 10.1. The van der Waals surface area contributed by atoms with Gasteiger partial charge >= 0.3 is 0 Å². The Hall–Kier alpha value is -1.88. The van der Waals surface area contributed by atoms with Crippen molar-refractivity contribution < 1.29 is 9.15 Å². The average Bonchev–Trinajstić information content (AvgIpc) is 3.06. The predicted molar refractivity (Wildman–Crippen MR) is 71.2 cm³/mol. The molecule has 0 amide bonds. The van der Waals surface area contributed by atoms with Crippen molar-refractivity contribution in [2.75, 3.05) is 20.2 Å². The van der Waals surface area contributed by atoms with E-state index in [4.69, 9.17) is 9.15 Å². The van der Waals surface area contributed by atoms with Crippen LogP contribution in [0.25, 0.3) is 11.5 Å².